The topological polar surface area (TPSA) is 64.3 Å². The number of nitrogens with two attached hydrogens (primary N) is 1. The Labute approximate surface area is 144 Å². The summed E-state index contributed by atoms with van der Waals surface area (Å²) in [6.45, 7) is 3.82. The van der Waals surface area contributed by atoms with Crippen LogP contribution in [0.1, 0.15) is 28.4 Å². The molecular formula is C18H19BrN2O2. The highest BCUT2D eigenvalue weighted by Gasteiger charge is 2.17. The minimum atomic E-state index is -0.475. The molecule has 1 unspecified atom stereocenters. The molecule has 3 N–H and O–H groups in total. The summed E-state index contributed by atoms with van der Waals surface area (Å²) in [5.74, 6) is 0.305. The van der Waals surface area contributed by atoms with Crippen LogP contribution in [0.25, 0.3) is 0 Å². The van der Waals surface area contributed by atoms with Gasteiger partial charge < -0.3 is 15.8 Å². The molecule has 5 heteroatoms. The zero-order valence-corrected chi connectivity index (χ0v) is 14.5. The second-order valence-corrected chi connectivity index (χ2v) is 5.93. The summed E-state index contributed by atoms with van der Waals surface area (Å²) in [5.41, 5.74) is 7.57. The number of benzene rings is 2. The maximum atomic E-state index is 11.7. The molecule has 0 saturated heterocycles. The highest BCUT2D eigenvalue weighted by Crippen LogP contribution is 2.32. The molecule has 2 aromatic carbocycles. The molecule has 120 valence electrons. The van der Waals surface area contributed by atoms with Crippen LogP contribution < -0.4 is 15.8 Å². The number of hydrogen-bond acceptors (Lipinski definition) is 3. The molecular weight excluding hydrogens is 356 g/mol. The molecule has 0 saturated carbocycles. The largest absolute Gasteiger partial charge is 0.496 e. The number of carbonyl (C=O) groups is 1. The smallest absolute Gasteiger partial charge is 0.250 e. The van der Waals surface area contributed by atoms with Gasteiger partial charge in [0, 0.05) is 15.7 Å². The first kappa shape index (κ1) is 17.1. The first-order chi connectivity index (χ1) is 11.1. The molecule has 1 atom stereocenters. The van der Waals surface area contributed by atoms with Crippen LogP contribution in [0.3, 0.4) is 0 Å². The standard InChI is InChI=1S/C18H19BrN2O2/c1-3-6-15(13-7-4-5-8-17(13)23-2)21-16-11-12(19)9-10-14(16)18(20)22/h3-5,7-11,15,21H,1,6H2,2H3,(H2,20,22). The minimum Gasteiger partial charge on any atom is -0.496 e. The van der Waals surface area contributed by atoms with Crippen LogP contribution in [0.5, 0.6) is 5.75 Å². The van der Waals surface area contributed by atoms with Gasteiger partial charge in [0.05, 0.1) is 18.7 Å². The number of amides is 1. The fourth-order valence-corrected chi connectivity index (χ4v) is 2.78. The number of methoxy groups -OCH3 is 1. The molecule has 0 bridgehead atoms. The molecule has 0 radical (unpaired) electrons. The molecule has 0 fully saturated rings. The number of anilines is 1. The van der Waals surface area contributed by atoms with Gasteiger partial charge in [-0.05, 0) is 30.7 Å². The highest BCUT2D eigenvalue weighted by atomic mass is 79.9. The lowest BCUT2D eigenvalue weighted by Gasteiger charge is -2.22. The number of primary amides is 1. The number of ether oxygens (including phenoxy) is 1. The van der Waals surface area contributed by atoms with Crippen molar-refractivity contribution in [3.8, 4) is 5.75 Å². The third-order valence-corrected chi connectivity index (χ3v) is 3.99. The second kappa shape index (κ2) is 7.83. The minimum absolute atomic E-state index is 0.0870. The van der Waals surface area contributed by atoms with E-state index < -0.39 is 5.91 Å². The lowest BCUT2D eigenvalue weighted by molar-refractivity contribution is 0.100. The Morgan fingerprint density at radius 3 is 2.78 bits per heavy atom. The van der Waals surface area contributed by atoms with Crippen molar-refractivity contribution in [2.75, 3.05) is 12.4 Å². The van der Waals surface area contributed by atoms with Crippen molar-refractivity contribution in [2.24, 2.45) is 5.73 Å². The van der Waals surface area contributed by atoms with Crippen LogP contribution in [0.15, 0.2) is 59.6 Å². The predicted octanol–water partition coefficient (Wildman–Crippen LogP) is 4.29. The van der Waals surface area contributed by atoms with E-state index in [-0.39, 0.29) is 6.04 Å². The number of para-hydroxylation sites is 1. The summed E-state index contributed by atoms with van der Waals surface area (Å²) in [6, 6.07) is 13.0. The summed E-state index contributed by atoms with van der Waals surface area (Å²) in [6.07, 6.45) is 2.50. The van der Waals surface area contributed by atoms with E-state index in [1.807, 2.05) is 36.4 Å². The molecule has 2 rings (SSSR count). The lowest BCUT2D eigenvalue weighted by Crippen LogP contribution is -2.17. The Morgan fingerprint density at radius 1 is 1.39 bits per heavy atom. The van der Waals surface area contributed by atoms with Crippen molar-refractivity contribution in [3.05, 3.63) is 70.7 Å². The van der Waals surface area contributed by atoms with Crippen LogP contribution in [-0.4, -0.2) is 13.0 Å². The van der Waals surface area contributed by atoms with Gasteiger partial charge in [0.2, 0.25) is 0 Å². The Hall–Kier alpha value is -2.27. The van der Waals surface area contributed by atoms with Crippen molar-refractivity contribution in [2.45, 2.75) is 12.5 Å². The van der Waals surface area contributed by atoms with E-state index in [0.29, 0.717) is 17.7 Å². The van der Waals surface area contributed by atoms with Crippen LogP contribution >= 0.6 is 15.9 Å². The quantitative estimate of drug-likeness (QED) is 0.710. The van der Waals surface area contributed by atoms with Gasteiger partial charge >= 0.3 is 0 Å². The summed E-state index contributed by atoms with van der Waals surface area (Å²) in [7, 11) is 1.64. The SMILES string of the molecule is C=CCC(Nc1cc(Br)ccc1C(N)=O)c1ccccc1OC. The normalized spacial score (nSPS) is 11.6. The van der Waals surface area contributed by atoms with Gasteiger partial charge in [-0.1, -0.05) is 40.2 Å². The molecule has 0 aromatic heterocycles. The molecule has 0 aliphatic rings. The molecule has 4 nitrogen and oxygen atoms in total. The van der Waals surface area contributed by atoms with Crippen LogP contribution in [0.4, 0.5) is 5.69 Å². The Balaban J connectivity index is 2.42. The number of nitrogens with one attached hydrogen (secondary N) is 1. The van der Waals surface area contributed by atoms with E-state index in [0.717, 1.165) is 15.8 Å². The molecule has 0 aliphatic carbocycles. The average molecular weight is 375 g/mol. The molecule has 0 heterocycles. The maximum absolute atomic E-state index is 11.7. The zero-order valence-electron chi connectivity index (χ0n) is 12.9. The van der Waals surface area contributed by atoms with E-state index in [4.69, 9.17) is 10.5 Å². The van der Waals surface area contributed by atoms with Crippen molar-refractivity contribution in [1.82, 2.24) is 0 Å². The maximum Gasteiger partial charge on any atom is 0.250 e. The zero-order chi connectivity index (χ0) is 16.8. The Bertz CT molecular complexity index is 716. The fraction of sp³-hybridized carbons (Fsp3) is 0.167. The Morgan fingerprint density at radius 2 is 2.13 bits per heavy atom. The van der Waals surface area contributed by atoms with Gasteiger partial charge in [0.15, 0.2) is 0 Å². The monoisotopic (exact) mass is 374 g/mol. The molecule has 23 heavy (non-hydrogen) atoms. The van der Waals surface area contributed by atoms with Gasteiger partial charge in [-0.15, -0.1) is 6.58 Å². The second-order valence-electron chi connectivity index (χ2n) is 5.02. The molecule has 0 aliphatic heterocycles. The number of rotatable bonds is 7. The van der Waals surface area contributed by atoms with Crippen molar-refractivity contribution in [3.63, 3.8) is 0 Å². The van der Waals surface area contributed by atoms with E-state index in [9.17, 15) is 4.79 Å². The number of carbonyl (C=O) groups excluding carboxylic acids is 1. The van der Waals surface area contributed by atoms with E-state index in [1.54, 1.807) is 19.2 Å². The van der Waals surface area contributed by atoms with E-state index in [2.05, 4.69) is 27.8 Å². The van der Waals surface area contributed by atoms with Crippen LogP contribution in [-0.2, 0) is 0 Å². The number of halogens is 1. The summed E-state index contributed by atoms with van der Waals surface area (Å²) < 4.78 is 6.30. The third kappa shape index (κ3) is 4.13. The van der Waals surface area contributed by atoms with E-state index >= 15 is 0 Å². The lowest BCUT2D eigenvalue weighted by atomic mass is 10.0. The average Bonchev–Trinajstić information content (AvgIpc) is 2.54. The summed E-state index contributed by atoms with van der Waals surface area (Å²) >= 11 is 3.42. The fourth-order valence-electron chi connectivity index (χ4n) is 2.42. The van der Waals surface area contributed by atoms with Gasteiger partial charge in [-0.25, -0.2) is 0 Å². The van der Waals surface area contributed by atoms with Crippen LogP contribution in [0, 0.1) is 0 Å². The summed E-state index contributed by atoms with van der Waals surface area (Å²) in [5, 5.41) is 3.38. The predicted molar refractivity (Wildman–Crippen MR) is 96.8 cm³/mol. The van der Waals surface area contributed by atoms with Gasteiger partial charge in [0.25, 0.3) is 5.91 Å². The van der Waals surface area contributed by atoms with Crippen molar-refractivity contribution >= 4 is 27.5 Å². The van der Waals surface area contributed by atoms with Crippen LogP contribution in [0.2, 0.25) is 0 Å². The molecule has 0 spiro atoms. The molecule has 1 amide bonds. The number of hydrogen-bond donors (Lipinski definition) is 2. The van der Waals surface area contributed by atoms with Gasteiger partial charge in [-0.2, -0.15) is 0 Å². The first-order valence-corrected chi connectivity index (χ1v) is 7.95. The van der Waals surface area contributed by atoms with Gasteiger partial charge in [0.1, 0.15) is 5.75 Å². The third-order valence-electron chi connectivity index (χ3n) is 3.49. The van der Waals surface area contributed by atoms with Crippen molar-refractivity contribution < 1.29 is 9.53 Å². The Kier molecular flexibility index (Phi) is 5.82. The van der Waals surface area contributed by atoms with Crippen molar-refractivity contribution in [1.29, 1.82) is 0 Å². The van der Waals surface area contributed by atoms with Gasteiger partial charge in [-0.3, -0.25) is 4.79 Å². The highest BCUT2D eigenvalue weighted by molar-refractivity contribution is 9.10. The summed E-state index contributed by atoms with van der Waals surface area (Å²) in [4.78, 5) is 11.7. The first-order valence-electron chi connectivity index (χ1n) is 7.16. The van der Waals surface area contributed by atoms with E-state index in [1.165, 1.54) is 0 Å². The molecule has 2 aromatic rings.